The Labute approximate surface area is 107 Å². The molecule has 0 aromatic heterocycles. The molecular weight excluding hydrogens is 236 g/mol. The van der Waals surface area contributed by atoms with E-state index in [0.717, 1.165) is 25.8 Å². The van der Waals surface area contributed by atoms with Gasteiger partial charge in [0.25, 0.3) is 0 Å². The molecule has 6 heteroatoms. The maximum absolute atomic E-state index is 12.0. The number of methoxy groups -OCH3 is 1. The average molecular weight is 258 g/mol. The van der Waals surface area contributed by atoms with Gasteiger partial charge in [-0.15, -0.1) is 0 Å². The molecule has 1 aliphatic carbocycles. The number of nitrogens with one attached hydrogen (secondary N) is 1. The SMILES string of the molecule is CCCN(CC1CC1)C(=O)NC(COC)C(=O)O. The standard InChI is InChI=1S/C12H22N2O4/c1-3-6-14(7-9-4-5-9)12(17)13-10(8-18-2)11(15)16/h9-10H,3-8H2,1-2H3,(H,13,17)(H,15,16). The van der Waals surface area contributed by atoms with E-state index >= 15 is 0 Å². The Morgan fingerprint density at radius 3 is 2.61 bits per heavy atom. The first kappa shape index (κ1) is 14.8. The van der Waals surface area contributed by atoms with Gasteiger partial charge in [-0.3, -0.25) is 0 Å². The first-order valence-corrected chi connectivity index (χ1v) is 6.35. The van der Waals surface area contributed by atoms with Gasteiger partial charge in [-0.25, -0.2) is 9.59 Å². The van der Waals surface area contributed by atoms with Crippen molar-refractivity contribution in [3.63, 3.8) is 0 Å². The Kier molecular flexibility index (Phi) is 5.91. The van der Waals surface area contributed by atoms with Crippen LogP contribution in [0.3, 0.4) is 0 Å². The van der Waals surface area contributed by atoms with E-state index in [9.17, 15) is 9.59 Å². The summed E-state index contributed by atoms with van der Waals surface area (Å²) in [6, 6.07) is -1.30. The number of rotatable bonds is 8. The Morgan fingerprint density at radius 1 is 1.50 bits per heavy atom. The van der Waals surface area contributed by atoms with E-state index in [1.54, 1.807) is 4.90 Å². The fraction of sp³-hybridized carbons (Fsp3) is 0.833. The lowest BCUT2D eigenvalue weighted by Gasteiger charge is -2.24. The third-order valence-electron chi connectivity index (χ3n) is 2.89. The third-order valence-corrected chi connectivity index (χ3v) is 2.89. The number of hydrogen-bond acceptors (Lipinski definition) is 3. The molecule has 1 unspecified atom stereocenters. The molecule has 18 heavy (non-hydrogen) atoms. The summed E-state index contributed by atoms with van der Waals surface area (Å²) in [6.07, 6.45) is 3.18. The summed E-state index contributed by atoms with van der Waals surface area (Å²) in [7, 11) is 1.41. The summed E-state index contributed by atoms with van der Waals surface area (Å²) in [5.74, 6) is -0.485. The van der Waals surface area contributed by atoms with Crippen molar-refractivity contribution in [1.82, 2.24) is 10.2 Å². The van der Waals surface area contributed by atoms with Gasteiger partial charge in [0.1, 0.15) is 0 Å². The largest absolute Gasteiger partial charge is 0.480 e. The van der Waals surface area contributed by atoms with Crippen molar-refractivity contribution in [2.24, 2.45) is 5.92 Å². The lowest BCUT2D eigenvalue weighted by atomic mass is 10.3. The highest BCUT2D eigenvalue weighted by Gasteiger charge is 2.28. The molecule has 0 aromatic rings. The molecule has 0 heterocycles. The summed E-state index contributed by atoms with van der Waals surface area (Å²) in [4.78, 5) is 24.6. The average Bonchev–Trinajstić information content (AvgIpc) is 3.11. The second-order valence-electron chi connectivity index (χ2n) is 4.69. The Hall–Kier alpha value is -1.30. The van der Waals surface area contributed by atoms with Crippen LogP contribution in [0.4, 0.5) is 4.79 Å². The molecule has 1 rings (SSSR count). The zero-order valence-corrected chi connectivity index (χ0v) is 11.0. The van der Waals surface area contributed by atoms with E-state index in [4.69, 9.17) is 9.84 Å². The molecule has 2 N–H and O–H groups in total. The Balaban J connectivity index is 2.49. The van der Waals surface area contributed by atoms with Crippen LogP contribution in [0.15, 0.2) is 0 Å². The molecule has 6 nitrogen and oxygen atoms in total. The van der Waals surface area contributed by atoms with Crippen LogP contribution in [-0.4, -0.2) is 54.9 Å². The van der Waals surface area contributed by atoms with Crippen LogP contribution in [0.1, 0.15) is 26.2 Å². The Morgan fingerprint density at radius 2 is 2.17 bits per heavy atom. The second-order valence-corrected chi connectivity index (χ2v) is 4.69. The minimum Gasteiger partial charge on any atom is -0.480 e. The smallest absolute Gasteiger partial charge is 0.328 e. The van der Waals surface area contributed by atoms with E-state index in [1.165, 1.54) is 7.11 Å². The molecule has 1 saturated carbocycles. The van der Waals surface area contributed by atoms with Crippen molar-refractivity contribution in [3.8, 4) is 0 Å². The first-order valence-electron chi connectivity index (χ1n) is 6.35. The van der Waals surface area contributed by atoms with Crippen LogP contribution >= 0.6 is 0 Å². The molecule has 1 aliphatic rings. The van der Waals surface area contributed by atoms with Gasteiger partial charge in [0, 0.05) is 20.2 Å². The normalized spacial score (nSPS) is 16.1. The molecule has 0 aromatic carbocycles. The molecular formula is C12H22N2O4. The van der Waals surface area contributed by atoms with Crippen LogP contribution < -0.4 is 5.32 Å². The molecule has 0 radical (unpaired) electrons. The summed E-state index contributed by atoms with van der Waals surface area (Å²) in [5, 5.41) is 11.4. The number of carbonyl (C=O) groups is 2. The van der Waals surface area contributed by atoms with E-state index in [0.29, 0.717) is 12.5 Å². The Bertz CT molecular complexity index is 292. The molecule has 2 amide bonds. The van der Waals surface area contributed by atoms with Crippen molar-refractivity contribution in [2.45, 2.75) is 32.2 Å². The maximum atomic E-state index is 12.0. The number of hydrogen-bond donors (Lipinski definition) is 2. The van der Waals surface area contributed by atoms with E-state index in [2.05, 4.69) is 5.32 Å². The van der Waals surface area contributed by atoms with Gasteiger partial charge in [0.15, 0.2) is 6.04 Å². The number of aliphatic carboxylic acids is 1. The number of nitrogens with zero attached hydrogens (tertiary/aromatic N) is 1. The lowest BCUT2D eigenvalue weighted by molar-refractivity contribution is -0.140. The van der Waals surface area contributed by atoms with E-state index in [-0.39, 0.29) is 12.6 Å². The molecule has 1 atom stereocenters. The summed E-state index contributed by atoms with van der Waals surface area (Å²) in [6.45, 7) is 3.35. The molecule has 0 bridgehead atoms. The molecule has 0 spiro atoms. The van der Waals surface area contributed by atoms with Gasteiger partial charge in [0.2, 0.25) is 0 Å². The number of carboxylic acids is 1. The van der Waals surface area contributed by atoms with Gasteiger partial charge in [0.05, 0.1) is 6.61 Å². The zero-order chi connectivity index (χ0) is 13.5. The van der Waals surface area contributed by atoms with Crippen LogP contribution in [-0.2, 0) is 9.53 Å². The summed E-state index contributed by atoms with van der Waals surface area (Å²) < 4.78 is 4.79. The van der Waals surface area contributed by atoms with Crippen molar-refractivity contribution >= 4 is 12.0 Å². The van der Waals surface area contributed by atoms with Crippen molar-refractivity contribution in [3.05, 3.63) is 0 Å². The highest BCUT2D eigenvalue weighted by Crippen LogP contribution is 2.29. The van der Waals surface area contributed by atoms with E-state index < -0.39 is 12.0 Å². The molecule has 0 saturated heterocycles. The van der Waals surface area contributed by atoms with E-state index in [1.807, 2.05) is 6.92 Å². The quantitative estimate of drug-likeness (QED) is 0.678. The van der Waals surface area contributed by atoms with Gasteiger partial charge >= 0.3 is 12.0 Å². The predicted molar refractivity (Wildman–Crippen MR) is 66.4 cm³/mol. The number of ether oxygens (including phenoxy) is 1. The summed E-state index contributed by atoms with van der Waals surface area (Å²) in [5.41, 5.74) is 0. The first-order chi connectivity index (χ1) is 8.58. The van der Waals surface area contributed by atoms with Gasteiger partial charge in [-0.2, -0.15) is 0 Å². The minimum atomic E-state index is -1.08. The zero-order valence-electron chi connectivity index (χ0n) is 11.0. The predicted octanol–water partition coefficient (Wildman–Crippen LogP) is 0.918. The number of amides is 2. The van der Waals surface area contributed by atoms with Crippen molar-refractivity contribution < 1.29 is 19.4 Å². The van der Waals surface area contributed by atoms with Crippen LogP contribution in [0.5, 0.6) is 0 Å². The van der Waals surface area contributed by atoms with Gasteiger partial charge in [-0.05, 0) is 25.2 Å². The van der Waals surface area contributed by atoms with Crippen molar-refractivity contribution in [1.29, 1.82) is 0 Å². The van der Waals surface area contributed by atoms with Gasteiger partial charge < -0.3 is 20.1 Å². The van der Waals surface area contributed by atoms with Crippen LogP contribution in [0.2, 0.25) is 0 Å². The fourth-order valence-electron chi connectivity index (χ4n) is 1.74. The highest BCUT2D eigenvalue weighted by atomic mass is 16.5. The number of carbonyl (C=O) groups excluding carboxylic acids is 1. The second kappa shape index (κ2) is 7.20. The molecule has 0 aliphatic heterocycles. The van der Waals surface area contributed by atoms with Crippen LogP contribution in [0, 0.1) is 5.92 Å². The monoisotopic (exact) mass is 258 g/mol. The lowest BCUT2D eigenvalue weighted by Crippen LogP contribution is -2.50. The maximum Gasteiger partial charge on any atom is 0.328 e. The molecule has 104 valence electrons. The topological polar surface area (TPSA) is 78.9 Å². The third kappa shape index (κ3) is 4.91. The van der Waals surface area contributed by atoms with Gasteiger partial charge in [-0.1, -0.05) is 6.92 Å². The van der Waals surface area contributed by atoms with Crippen LogP contribution in [0.25, 0.3) is 0 Å². The van der Waals surface area contributed by atoms with Crippen molar-refractivity contribution in [2.75, 3.05) is 26.8 Å². The number of carboxylic acid groups (broad SMARTS) is 1. The minimum absolute atomic E-state index is 0.0233. The molecule has 1 fully saturated rings. The summed E-state index contributed by atoms with van der Waals surface area (Å²) >= 11 is 0. The number of urea groups is 1. The fourth-order valence-corrected chi connectivity index (χ4v) is 1.74. The highest BCUT2D eigenvalue weighted by molar-refractivity contribution is 5.82.